The molecule has 2 aromatic carbocycles. The van der Waals surface area contributed by atoms with Gasteiger partial charge in [-0.05, 0) is 80.2 Å². The van der Waals surface area contributed by atoms with Gasteiger partial charge in [0.2, 0.25) is 0 Å². The Labute approximate surface area is 153 Å². The monoisotopic (exact) mass is 347 g/mol. The van der Waals surface area contributed by atoms with Crippen molar-refractivity contribution in [2.45, 2.75) is 25.7 Å². The zero-order chi connectivity index (χ0) is 18.1. The number of aromatic nitrogens is 1. The van der Waals surface area contributed by atoms with Crippen molar-refractivity contribution in [3.63, 3.8) is 0 Å². The lowest BCUT2D eigenvalue weighted by Gasteiger charge is -2.30. The molecule has 0 atom stereocenters. The number of piperidine rings is 1. The van der Waals surface area contributed by atoms with Gasteiger partial charge in [0.15, 0.2) is 0 Å². The lowest BCUT2D eigenvalue weighted by Crippen LogP contribution is -2.33. The van der Waals surface area contributed by atoms with Crippen LogP contribution in [-0.2, 0) is 0 Å². The number of likely N-dealkylation sites (tertiary alicyclic amines) is 1. The minimum absolute atomic E-state index is 0.216. The molecule has 0 spiro atoms. The van der Waals surface area contributed by atoms with Gasteiger partial charge in [0.05, 0.1) is 18.1 Å². The van der Waals surface area contributed by atoms with E-state index in [1.54, 1.807) is 0 Å². The molecule has 4 rings (SSSR count). The zero-order valence-electron chi connectivity index (χ0n) is 15.0. The maximum atomic E-state index is 13.3. The number of nitrogens with zero attached hydrogens (tertiary/aromatic N) is 3. The standard InChI is InChI=1S/C22H22FN3/c1-16-2-7-20-21(17-8-11-25(12-9-17)13-10-24)15-26(22(20)14-16)19-5-3-18(23)4-6-19/h2-7,14-15,17H,8-9,11-13H2,1H3. The van der Waals surface area contributed by atoms with E-state index in [0.29, 0.717) is 12.5 Å². The van der Waals surface area contributed by atoms with Gasteiger partial charge >= 0.3 is 0 Å². The second kappa shape index (κ2) is 6.93. The number of nitriles is 1. The molecule has 3 nitrogen and oxygen atoms in total. The summed E-state index contributed by atoms with van der Waals surface area (Å²) in [6, 6.07) is 15.5. The molecule has 0 N–H and O–H groups in total. The van der Waals surface area contributed by atoms with E-state index in [1.807, 2.05) is 12.1 Å². The predicted molar refractivity (Wildman–Crippen MR) is 102 cm³/mol. The molecule has 1 aliphatic rings. The molecule has 0 amide bonds. The van der Waals surface area contributed by atoms with Crippen molar-refractivity contribution in [3.8, 4) is 11.8 Å². The van der Waals surface area contributed by atoms with Crippen LogP contribution in [-0.4, -0.2) is 29.1 Å². The minimum Gasteiger partial charge on any atom is -0.316 e. The van der Waals surface area contributed by atoms with Gasteiger partial charge in [-0.15, -0.1) is 0 Å². The van der Waals surface area contributed by atoms with Crippen LogP contribution in [0.2, 0.25) is 0 Å². The van der Waals surface area contributed by atoms with Crippen LogP contribution in [0.5, 0.6) is 0 Å². The van der Waals surface area contributed by atoms with Crippen LogP contribution in [0.4, 0.5) is 4.39 Å². The first-order chi connectivity index (χ1) is 12.7. The Morgan fingerprint density at radius 1 is 1.12 bits per heavy atom. The molecule has 0 saturated carbocycles. The van der Waals surface area contributed by atoms with Crippen LogP contribution in [0.3, 0.4) is 0 Å². The quantitative estimate of drug-likeness (QED) is 0.639. The number of hydrogen-bond acceptors (Lipinski definition) is 2. The molecular formula is C22H22FN3. The van der Waals surface area contributed by atoms with Gasteiger partial charge in [0, 0.05) is 17.3 Å². The number of benzene rings is 2. The number of hydrogen-bond donors (Lipinski definition) is 0. The van der Waals surface area contributed by atoms with E-state index in [0.717, 1.165) is 31.6 Å². The summed E-state index contributed by atoms with van der Waals surface area (Å²) in [5.41, 5.74) is 4.73. The minimum atomic E-state index is -0.216. The average Bonchev–Trinajstić information content (AvgIpc) is 3.02. The van der Waals surface area contributed by atoms with Crippen molar-refractivity contribution < 1.29 is 4.39 Å². The van der Waals surface area contributed by atoms with Gasteiger partial charge in [-0.25, -0.2) is 4.39 Å². The first-order valence-electron chi connectivity index (χ1n) is 9.12. The van der Waals surface area contributed by atoms with Gasteiger partial charge in [0.1, 0.15) is 5.82 Å². The van der Waals surface area contributed by atoms with Crippen molar-refractivity contribution in [1.82, 2.24) is 9.47 Å². The molecule has 1 fully saturated rings. The summed E-state index contributed by atoms with van der Waals surface area (Å²) < 4.78 is 15.5. The van der Waals surface area contributed by atoms with E-state index < -0.39 is 0 Å². The molecule has 0 bridgehead atoms. The summed E-state index contributed by atoms with van der Waals surface area (Å²) >= 11 is 0. The Morgan fingerprint density at radius 2 is 1.85 bits per heavy atom. The van der Waals surface area contributed by atoms with Crippen LogP contribution in [0.1, 0.15) is 29.9 Å². The maximum Gasteiger partial charge on any atom is 0.123 e. The lowest BCUT2D eigenvalue weighted by molar-refractivity contribution is 0.235. The zero-order valence-corrected chi connectivity index (χ0v) is 15.0. The van der Waals surface area contributed by atoms with E-state index in [9.17, 15) is 4.39 Å². The largest absolute Gasteiger partial charge is 0.316 e. The Kier molecular flexibility index (Phi) is 4.48. The molecule has 1 saturated heterocycles. The molecule has 2 heterocycles. The third-order valence-electron chi connectivity index (χ3n) is 5.42. The smallest absolute Gasteiger partial charge is 0.123 e. The van der Waals surface area contributed by atoms with E-state index in [4.69, 9.17) is 5.26 Å². The van der Waals surface area contributed by atoms with Gasteiger partial charge < -0.3 is 4.57 Å². The molecule has 3 aromatic rings. The second-order valence-electron chi connectivity index (χ2n) is 7.16. The summed E-state index contributed by atoms with van der Waals surface area (Å²) in [4.78, 5) is 2.22. The van der Waals surface area contributed by atoms with Gasteiger partial charge in [-0.3, -0.25) is 4.90 Å². The highest BCUT2D eigenvalue weighted by molar-refractivity contribution is 5.86. The molecule has 1 aliphatic heterocycles. The predicted octanol–water partition coefficient (Wildman–Crippen LogP) is 4.78. The van der Waals surface area contributed by atoms with Crippen LogP contribution < -0.4 is 0 Å². The highest BCUT2D eigenvalue weighted by Gasteiger charge is 2.24. The summed E-state index contributed by atoms with van der Waals surface area (Å²) in [5, 5.41) is 10.2. The van der Waals surface area contributed by atoms with Crippen LogP contribution in [0, 0.1) is 24.1 Å². The average molecular weight is 347 g/mol. The Morgan fingerprint density at radius 3 is 2.54 bits per heavy atom. The van der Waals surface area contributed by atoms with Crippen molar-refractivity contribution in [2.24, 2.45) is 0 Å². The fourth-order valence-corrected chi connectivity index (χ4v) is 4.01. The molecule has 26 heavy (non-hydrogen) atoms. The summed E-state index contributed by atoms with van der Waals surface area (Å²) in [6.07, 6.45) is 4.36. The third kappa shape index (κ3) is 3.11. The topological polar surface area (TPSA) is 32.0 Å². The fourth-order valence-electron chi connectivity index (χ4n) is 4.01. The number of fused-ring (bicyclic) bond motifs is 1. The molecule has 0 unspecified atom stereocenters. The van der Waals surface area contributed by atoms with Gasteiger partial charge in [-0.1, -0.05) is 12.1 Å². The molecule has 132 valence electrons. The van der Waals surface area contributed by atoms with Crippen LogP contribution in [0.25, 0.3) is 16.6 Å². The highest BCUT2D eigenvalue weighted by Crippen LogP contribution is 2.36. The molecule has 4 heteroatoms. The third-order valence-corrected chi connectivity index (χ3v) is 5.42. The highest BCUT2D eigenvalue weighted by atomic mass is 19.1. The van der Waals surface area contributed by atoms with E-state index in [-0.39, 0.29) is 5.82 Å². The molecular weight excluding hydrogens is 325 g/mol. The number of aryl methyl sites for hydroxylation is 1. The maximum absolute atomic E-state index is 13.3. The van der Waals surface area contributed by atoms with E-state index >= 15 is 0 Å². The lowest BCUT2D eigenvalue weighted by atomic mass is 9.89. The molecule has 0 aliphatic carbocycles. The van der Waals surface area contributed by atoms with E-state index in [1.165, 1.54) is 34.2 Å². The van der Waals surface area contributed by atoms with E-state index in [2.05, 4.69) is 46.9 Å². The molecule has 0 radical (unpaired) electrons. The number of halogens is 1. The number of rotatable bonds is 3. The van der Waals surface area contributed by atoms with Crippen LogP contribution >= 0.6 is 0 Å². The van der Waals surface area contributed by atoms with Gasteiger partial charge in [0.25, 0.3) is 0 Å². The second-order valence-corrected chi connectivity index (χ2v) is 7.16. The summed E-state index contributed by atoms with van der Waals surface area (Å²) in [5.74, 6) is 0.281. The Balaban J connectivity index is 1.74. The Bertz CT molecular complexity index is 957. The SMILES string of the molecule is Cc1ccc2c(C3CCN(CC#N)CC3)cn(-c3ccc(F)cc3)c2c1. The fraction of sp³-hybridized carbons (Fsp3) is 0.318. The summed E-state index contributed by atoms with van der Waals surface area (Å²) in [7, 11) is 0. The first-order valence-corrected chi connectivity index (χ1v) is 9.12. The molecule has 1 aromatic heterocycles. The van der Waals surface area contributed by atoms with Crippen molar-refractivity contribution in [3.05, 3.63) is 65.6 Å². The first kappa shape index (κ1) is 16.8. The summed E-state index contributed by atoms with van der Waals surface area (Å²) in [6.45, 7) is 4.55. The van der Waals surface area contributed by atoms with Crippen molar-refractivity contribution in [1.29, 1.82) is 5.26 Å². The van der Waals surface area contributed by atoms with Crippen LogP contribution in [0.15, 0.2) is 48.7 Å². The van der Waals surface area contributed by atoms with Gasteiger partial charge in [-0.2, -0.15) is 5.26 Å². The Hall–Kier alpha value is -2.64. The van der Waals surface area contributed by atoms with Crippen molar-refractivity contribution in [2.75, 3.05) is 19.6 Å². The van der Waals surface area contributed by atoms with Crippen molar-refractivity contribution >= 4 is 10.9 Å². The normalized spacial score (nSPS) is 16.0.